The molecule has 0 radical (unpaired) electrons. The highest BCUT2D eigenvalue weighted by molar-refractivity contribution is 5.95. The monoisotopic (exact) mass is 366 g/mol. The Bertz CT molecular complexity index is 789. The number of hydrogen-bond acceptors (Lipinski definition) is 3. The number of nitrogens with one attached hydrogen (secondary N) is 1. The smallest absolute Gasteiger partial charge is 0.253 e. The number of nitrogens with zero attached hydrogens (tertiary/aromatic N) is 1. The molecule has 2 aromatic rings. The summed E-state index contributed by atoms with van der Waals surface area (Å²) >= 11 is 0. The molecule has 0 aliphatic carbocycles. The highest BCUT2D eigenvalue weighted by Crippen LogP contribution is 2.31. The van der Waals surface area contributed by atoms with E-state index in [0.29, 0.717) is 25.2 Å². The predicted octanol–water partition coefficient (Wildman–Crippen LogP) is 3.25. The summed E-state index contributed by atoms with van der Waals surface area (Å²) in [5, 5.41) is 3.03. The molecule has 1 N–H and O–H groups in total. The van der Waals surface area contributed by atoms with Crippen LogP contribution in [-0.4, -0.2) is 36.9 Å². The van der Waals surface area contributed by atoms with Crippen molar-refractivity contribution in [2.45, 2.75) is 26.3 Å². The molecule has 1 heterocycles. The van der Waals surface area contributed by atoms with E-state index in [-0.39, 0.29) is 11.8 Å². The summed E-state index contributed by atoms with van der Waals surface area (Å²) in [6, 6.07) is 16.9. The molecular formula is C22H26N2O3. The van der Waals surface area contributed by atoms with Gasteiger partial charge in [0.15, 0.2) is 0 Å². The van der Waals surface area contributed by atoms with Crippen LogP contribution in [0.1, 0.15) is 35.7 Å². The van der Waals surface area contributed by atoms with Gasteiger partial charge in [-0.2, -0.15) is 0 Å². The van der Waals surface area contributed by atoms with Crippen LogP contribution < -0.4 is 10.1 Å². The van der Waals surface area contributed by atoms with E-state index in [4.69, 9.17) is 4.74 Å². The minimum absolute atomic E-state index is 0.00131. The summed E-state index contributed by atoms with van der Waals surface area (Å²) in [6.45, 7) is 3.55. The van der Waals surface area contributed by atoms with Crippen molar-refractivity contribution in [1.82, 2.24) is 10.2 Å². The molecule has 0 spiro atoms. The molecule has 1 aliphatic heterocycles. The zero-order valence-corrected chi connectivity index (χ0v) is 15.9. The molecule has 27 heavy (non-hydrogen) atoms. The number of rotatable bonds is 5. The Morgan fingerprint density at radius 2 is 1.81 bits per heavy atom. The third-order valence-corrected chi connectivity index (χ3v) is 5.16. The summed E-state index contributed by atoms with van der Waals surface area (Å²) in [5.41, 5.74) is 1.11. The van der Waals surface area contributed by atoms with Crippen molar-refractivity contribution in [2.75, 3.05) is 20.2 Å². The van der Waals surface area contributed by atoms with Crippen LogP contribution in [0.3, 0.4) is 0 Å². The topological polar surface area (TPSA) is 58.6 Å². The van der Waals surface area contributed by atoms with Gasteiger partial charge in [0.2, 0.25) is 5.91 Å². The van der Waals surface area contributed by atoms with E-state index in [1.807, 2.05) is 37.3 Å². The second-order valence-corrected chi connectivity index (χ2v) is 7.29. The zero-order chi connectivity index (χ0) is 19.3. The molecular weight excluding hydrogens is 340 g/mol. The highest BCUT2D eigenvalue weighted by Gasteiger charge is 2.39. The minimum atomic E-state index is -0.574. The number of ether oxygens (including phenoxy) is 1. The van der Waals surface area contributed by atoms with E-state index in [1.54, 1.807) is 36.3 Å². The van der Waals surface area contributed by atoms with Crippen molar-refractivity contribution in [3.8, 4) is 5.75 Å². The fourth-order valence-corrected chi connectivity index (χ4v) is 3.51. The van der Waals surface area contributed by atoms with Crippen LogP contribution >= 0.6 is 0 Å². The van der Waals surface area contributed by atoms with Gasteiger partial charge in [-0.3, -0.25) is 9.59 Å². The first-order valence-corrected chi connectivity index (χ1v) is 9.27. The van der Waals surface area contributed by atoms with Gasteiger partial charge >= 0.3 is 0 Å². The van der Waals surface area contributed by atoms with Crippen LogP contribution in [0.5, 0.6) is 5.75 Å². The number of methoxy groups -OCH3 is 1. The lowest BCUT2D eigenvalue weighted by molar-refractivity contribution is -0.132. The number of benzene rings is 2. The van der Waals surface area contributed by atoms with Gasteiger partial charge < -0.3 is 15.0 Å². The molecule has 0 bridgehead atoms. The molecule has 0 unspecified atom stereocenters. The second-order valence-electron chi connectivity index (χ2n) is 7.29. The molecule has 0 saturated carbocycles. The first-order chi connectivity index (χ1) is 13.0. The van der Waals surface area contributed by atoms with Gasteiger partial charge in [0.05, 0.1) is 12.5 Å². The van der Waals surface area contributed by atoms with E-state index < -0.39 is 5.41 Å². The maximum atomic E-state index is 12.8. The van der Waals surface area contributed by atoms with Gasteiger partial charge in [-0.1, -0.05) is 30.3 Å². The minimum Gasteiger partial charge on any atom is -0.497 e. The summed E-state index contributed by atoms with van der Waals surface area (Å²) in [7, 11) is 1.60. The second kappa shape index (κ2) is 8.25. The van der Waals surface area contributed by atoms with Gasteiger partial charge in [-0.15, -0.1) is 0 Å². The Balaban J connectivity index is 1.64. The standard InChI is InChI=1S/C22H26N2O3/c1-22(21(26)23-15-17-7-4-3-5-8-17)13-6-14-24(16-22)20(25)18-9-11-19(27-2)12-10-18/h3-5,7-12H,6,13-16H2,1-2H3,(H,23,26)/t22-/m0/s1. The van der Waals surface area contributed by atoms with E-state index in [9.17, 15) is 9.59 Å². The number of carbonyl (C=O) groups excluding carboxylic acids is 2. The van der Waals surface area contributed by atoms with Crippen molar-refractivity contribution in [1.29, 1.82) is 0 Å². The molecule has 2 amide bonds. The Morgan fingerprint density at radius 3 is 2.48 bits per heavy atom. The van der Waals surface area contributed by atoms with Crippen molar-refractivity contribution in [3.05, 3.63) is 65.7 Å². The van der Waals surface area contributed by atoms with Crippen LogP contribution in [-0.2, 0) is 11.3 Å². The van der Waals surface area contributed by atoms with E-state index in [1.165, 1.54) is 0 Å². The van der Waals surface area contributed by atoms with Gasteiger partial charge in [-0.05, 0) is 49.6 Å². The molecule has 142 valence electrons. The third kappa shape index (κ3) is 4.48. The lowest BCUT2D eigenvalue weighted by Gasteiger charge is -2.39. The maximum Gasteiger partial charge on any atom is 0.253 e. The summed E-state index contributed by atoms with van der Waals surface area (Å²) in [5.74, 6) is 0.674. The Morgan fingerprint density at radius 1 is 1.11 bits per heavy atom. The van der Waals surface area contributed by atoms with E-state index >= 15 is 0 Å². The number of amides is 2. The molecule has 0 aromatic heterocycles. The molecule has 5 nitrogen and oxygen atoms in total. The van der Waals surface area contributed by atoms with Crippen molar-refractivity contribution >= 4 is 11.8 Å². The quantitative estimate of drug-likeness (QED) is 0.884. The van der Waals surface area contributed by atoms with Crippen molar-refractivity contribution in [3.63, 3.8) is 0 Å². The fraction of sp³-hybridized carbons (Fsp3) is 0.364. The van der Waals surface area contributed by atoms with E-state index in [2.05, 4.69) is 5.32 Å². The molecule has 1 fully saturated rings. The van der Waals surface area contributed by atoms with Gasteiger partial charge in [0, 0.05) is 25.2 Å². The van der Waals surface area contributed by atoms with Crippen LogP contribution in [0.15, 0.2) is 54.6 Å². The fourth-order valence-electron chi connectivity index (χ4n) is 3.51. The molecule has 5 heteroatoms. The molecule has 1 saturated heterocycles. The van der Waals surface area contributed by atoms with Gasteiger partial charge in [-0.25, -0.2) is 0 Å². The lowest BCUT2D eigenvalue weighted by Crippen LogP contribution is -2.51. The predicted molar refractivity (Wildman–Crippen MR) is 105 cm³/mol. The van der Waals surface area contributed by atoms with Crippen LogP contribution in [0.2, 0.25) is 0 Å². The Kier molecular flexibility index (Phi) is 5.79. The molecule has 1 aliphatic rings. The normalized spacial score (nSPS) is 19.4. The lowest BCUT2D eigenvalue weighted by atomic mass is 9.80. The molecule has 2 aromatic carbocycles. The highest BCUT2D eigenvalue weighted by atomic mass is 16.5. The first kappa shape index (κ1) is 19.0. The number of piperidine rings is 1. The van der Waals surface area contributed by atoms with Crippen LogP contribution in [0.4, 0.5) is 0 Å². The molecule has 1 atom stereocenters. The van der Waals surface area contributed by atoms with Crippen LogP contribution in [0.25, 0.3) is 0 Å². The zero-order valence-electron chi connectivity index (χ0n) is 15.9. The van der Waals surface area contributed by atoms with Crippen molar-refractivity contribution < 1.29 is 14.3 Å². The third-order valence-electron chi connectivity index (χ3n) is 5.16. The van der Waals surface area contributed by atoms with Crippen molar-refractivity contribution in [2.24, 2.45) is 5.41 Å². The van der Waals surface area contributed by atoms with Gasteiger partial charge in [0.1, 0.15) is 5.75 Å². The Labute approximate surface area is 160 Å². The number of likely N-dealkylation sites (tertiary alicyclic amines) is 1. The average molecular weight is 366 g/mol. The summed E-state index contributed by atoms with van der Waals surface area (Å²) in [6.07, 6.45) is 1.59. The SMILES string of the molecule is COc1ccc(C(=O)N2CCC[C@](C)(C(=O)NCc3ccccc3)C2)cc1. The summed E-state index contributed by atoms with van der Waals surface area (Å²) in [4.78, 5) is 27.4. The summed E-state index contributed by atoms with van der Waals surface area (Å²) < 4.78 is 5.14. The van der Waals surface area contributed by atoms with E-state index in [0.717, 1.165) is 24.2 Å². The maximum absolute atomic E-state index is 12.8. The van der Waals surface area contributed by atoms with Crippen LogP contribution in [0, 0.1) is 5.41 Å². The number of carbonyl (C=O) groups is 2. The largest absolute Gasteiger partial charge is 0.497 e. The Hall–Kier alpha value is -2.82. The van der Waals surface area contributed by atoms with Gasteiger partial charge in [0.25, 0.3) is 5.91 Å². The number of hydrogen-bond donors (Lipinski definition) is 1. The first-order valence-electron chi connectivity index (χ1n) is 9.27. The molecule has 3 rings (SSSR count). The average Bonchev–Trinajstić information content (AvgIpc) is 2.72.